The molecule has 0 aromatic carbocycles. The van der Waals surface area contributed by atoms with Crippen molar-refractivity contribution in [2.45, 2.75) is 51.6 Å². The minimum Gasteiger partial charge on any atom is -0.389 e. The van der Waals surface area contributed by atoms with Gasteiger partial charge in [0, 0.05) is 12.0 Å². The van der Waals surface area contributed by atoms with Gasteiger partial charge in [0.05, 0.1) is 5.60 Å². The molecule has 0 amide bonds. The van der Waals surface area contributed by atoms with E-state index < -0.39 is 5.60 Å². The van der Waals surface area contributed by atoms with E-state index in [1.54, 1.807) is 0 Å². The summed E-state index contributed by atoms with van der Waals surface area (Å²) in [5.74, 6) is 1.26. The van der Waals surface area contributed by atoms with Gasteiger partial charge in [-0.3, -0.25) is 0 Å². The maximum Gasteiger partial charge on any atom is 0.0715 e. The second-order valence-electron chi connectivity index (χ2n) is 5.75. The van der Waals surface area contributed by atoms with E-state index in [0.29, 0.717) is 12.5 Å². The lowest BCUT2D eigenvalue weighted by Crippen LogP contribution is -2.50. The third kappa shape index (κ3) is 1.40. The van der Waals surface area contributed by atoms with E-state index in [2.05, 4.69) is 6.92 Å². The molecule has 0 heterocycles. The number of rotatable bonds is 3. The van der Waals surface area contributed by atoms with Crippen LogP contribution in [0.15, 0.2) is 0 Å². The standard InChI is InChI=1S/C12H23NO/c1-9-5-6-12(7-9,8-13)11(2,14)10-3-4-10/h9-10,14H,3-8,13H2,1-2H3. The summed E-state index contributed by atoms with van der Waals surface area (Å²) in [6.45, 7) is 4.96. The van der Waals surface area contributed by atoms with Gasteiger partial charge >= 0.3 is 0 Å². The molecule has 0 radical (unpaired) electrons. The Labute approximate surface area is 86.9 Å². The third-order valence-corrected chi connectivity index (χ3v) is 4.69. The smallest absolute Gasteiger partial charge is 0.0715 e. The summed E-state index contributed by atoms with van der Waals surface area (Å²) in [5, 5.41) is 10.6. The van der Waals surface area contributed by atoms with Crippen LogP contribution in [0.5, 0.6) is 0 Å². The highest BCUT2D eigenvalue weighted by molar-refractivity contribution is 5.07. The topological polar surface area (TPSA) is 46.2 Å². The second kappa shape index (κ2) is 3.21. The molecule has 82 valence electrons. The summed E-state index contributed by atoms with van der Waals surface area (Å²) in [5.41, 5.74) is 5.44. The van der Waals surface area contributed by atoms with Crippen LogP contribution in [0.25, 0.3) is 0 Å². The molecule has 14 heavy (non-hydrogen) atoms. The van der Waals surface area contributed by atoms with E-state index >= 15 is 0 Å². The van der Waals surface area contributed by atoms with Crippen molar-refractivity contribution in [2.24, 2.45) is 23.0 Å². The minimum atomic E-state index is -0.507. The highest BCUT2D eigenvalue weighted by Gasteiger charge is 2.56. The summed E-state index contributed by atoms with van der Waals surface area (Å²) in [6.07, 6.45) is 5.87. The van der Waals surface area contributed by atoms with Crippen molar-refractivity contribution >= 4 is 0 Å². The Morgan fingerprint density at radius 3 is 2.43 bits per heavy atom. The zero-order valence-corrected chi connectivity index (χ0v) is 9.42. The Balaban J connectivity index is 2.18. The molecule has 3 N–H and O–H groups in total. The summed E-state index contributed by atoms with van der Waals surface area (Å²) >= 11 is 0. The highest BCUT2D eigenvalue weighted by atomic mass is 16.3. The van der Waals surface area contributed by atoms with E-state index in [9.17, 15) is 5.11 Å². The van der Waals surface area contributed by atoms with Gasteiger partial charge in [-0.15, -0.1) is 0 Å². The number of nitrogens with two attached hydrogens (primary N) is 1. The minimum absolute atomic E-state index is 0.0214. The molecule has 2 saturated carbocycles. The van der Waals surface area contributed by atoms with Gasteiger partial charge in [0.1, 0.15) is 0 Å². The number of aliphatic hydroxyl groups is 1. The van der Waals surface area contributed by atoms with Gasteiger partial charge in [-0.25, -0.2) is 0 Å². The van der Waals surface area contributed by atoms with E-state index in [1.807, 2.05) is 6.92 Å². The average Bonchev–Trinajstić information content (AvgIpc) is 2.91. The molecule has 2 nitrogen and oxygen atoms in total. The van der Waals surface area contributed by atoms with E-state index in [-0.39, 0.29) is 5.41 Å². The normalized spacial score (nSPS) is 42.4. The summed E-state index contributed by atoms with van der Waals surface area (Å²) in [7, 11) is 0. The molecule has 2 heteroatoms. The molecule has 2 aliphatic carbocycles. The first-order chi connectivity index (χ1) is 6.52. The lowest BCUT2D eigenvalue weighted by atomic mass is 9.68. The Hall–Kier alpha value is -0.0800. The molecule has 0 aliphatic heterocycles. The first-order valence-electron chi connectivity index (χ1n) is 5.94. The SMILES string of the molecule is CC1CCC(CN)(C(C)(O)C2CC2)C1. The van der Waals surface area contributed by atoms with Gasteiger partial charge in [0.15, 0.2) is 0 Å². The largest absolute Gasteiger partial charge is 0.389 e. The van der Waals surface area contributed by atoms with Crippen molar-refractivity contribution in [3.63, 3.8) is 0 Å². The lowest BCUT2D eigenvalue weighted by Gasteiger charge is -2.43. The molecule has 0 bridgehead atoms. The Bertz CT molecular complexity index is 222. The van der Waals surface area contributed by atoms with Crippen molar-refractivity contribution in [3.8, 4) is 0 Å². The Morgan fingerprint density at radius 1 is 1.43 bits per heavy atom. The van der Waals surface area contributed by atoms with Gasteiger partial charge in [0.25, 0.3) is 0 Å². The number of hydrogen-bond donors (Lipinski definition) is 2. The lowest BCUT2D eigenvalue weighted by molar-refractivity contribution is -0.0824. The van der Waals surface area contributed by atoms with Crippen molar-refractivity contribution in [2.75, 3.05) is 6.54 Å². The number of hydrogen-bond acceptors (Lipinski definition) is 2. The van der Waals surface area contributed by atoms with E-state index in [1.165, 1.54) is 19.3 Å². The molecule has 0 aromatic heterocycles. The van der Waals surface area contributed by atoms with Crippen LogP contribution < -0.4 is 5.73 Å². The molecule has 0 saturated heterocycles. The van der Waals surface area contributed by atoms with Crippen LogP contribution in [0.1, 0.15) is 46.0 Å². The monoisotopic (exact) mass is 197 g/mol. The molecule has 0 aromatic rings. The van der Waals surface area contributed by atoms with Crippen molar-refractivity contribution < 1.29 is 5.11 Å². The molecule has 2 rings (SSSR count). The van der Waals surface area contributed by atoms with Crippen LogP contribution in [-0.4, -0.2) is 17.3 Å². The molecule has 2 fully saturated rings. The quantitative estimate of drug-likeness (QED) is 0.726. The van der Waals surface area contributed by atoms with Gasteiger partial charge in [-0.2, -0.15) is 0 Å². The summed E-state index contributed by atoms with van der Waals surface area (Å²) in [4.78, 5) is 0. The zero-order valence-electron chi connectivity index (χ0n) is 9.42. The predicted molar refractivity (Wildman–Crippen MR) is 57.9 cm³/mol. The van der Waals surface area contributed by atoms with Gasteiger partial charge in [-0.1, -0.05) is 13.3 Å². The fourth-order valence-corrected chi connectivity index (χ4v) is 3.32. The molecule has 2 aliphatic rings. The molecule has 3 unspecified atom stereocenters. The Kier molecular flexibility index (Phi) is 2.39. The molecular formula is C12H23NO. The molecule has 0 spiro atoms. The fourth-order valence-electron chi connectivity index (χ4n) is 3.32. The van der Waals surface area contributed by atoms with Crippen LogP contribution in [0.4, 0.5) is 0 Å². The van der Waals surface area contributed by atoms with Gasteiger partial charge in [-0.05, 0) is 44.4 Å². The summed E-state index contributed by atoms with van der Waals surface area (Å²) in [6, 6.07) is 0. The molecular weight excluding hydrogens is 174 g/mol. The van der Waals surface area contributed by atoms with Gasteiger partial charge < -0.3 is 10.8 Å². The Morgan fingerprint density at radius 2 is 2.07 bits per heavy atom. The van der Waals surface area contributed by atoms with E-state index in [4.69, 9.17) is 5.73 Å². The van der Waals surface area contributed by atoms with Crippen molar-refractivity contribution in [1.82, 2.24) is 0 Å². The van der Waals surface area contributed by atoms with Crippen LogP contribution >= 0.6 is 0 Å². The highest BCUT2D eigenvalue weighted by Crippen LogP contribution is 2.56. The maximum atomic E-state index is 10.6. The van der Waals surface area contributed by atoms with Crippen molar-refractivity contribution in [3.05, 3.63) is 0 Å². The maximum absolute atomic E-state index is 10.6. The first-order valence-corrected chi connectivity index (χ1v) is 5.94. The second-order valence-corrected chi connectivity index (χ2v) is 5.75. The van der Waals surface area contributed by atoms with Crippen molar-refractivity contribution in [1.29, 1.82) is 0 Å². The zero-order chi connectivity index (χ0) is 10.4. The van der Waals surface area contributed by atoms with Gasteiger partial charge in [0.2, 0.25) is 0 Å². The van der Waals surface area contributed by atoms with E-state index in [0.717, 1.165) is 18.8 Å². The fraction of sp³-hybridized carbons (Fsp3) is 1.00. The third-order valence-electron chi connectivity index (χ3n) is 4.69. The van der Waals surface area contributed by atoms with Crippen LogP contribution in [0.2, 0.25) is 0 Å². The molecule has 3 atom stereocenters. The van der Waals surface area contributed by atoms with Crippen LogP contribution in [0.3, 0.4) is 0 Å². The summed E-state index contributed by atoms with van der Waals surface area (Å²) < 4.78 is 0. The van der Waals surface area contributed by atoms with Crippen LogP contribution in [-0.2, 0) is 0 Å². The first kappa shape index (κ1) is 10.4. The predicted octanol–water partition coefficient (Wildman–Crippen LogP) is 1.91. The average molecular weight is 197 g/mol. The van der Waals surface area contributed by atoms with Crippen LogP contribution in [0, 0.1) is 17.3 Å².